The van der Waals surface area contributed by atoms with Crippen LogP contribution >= 0.6 is 0 Å². The van der Waals surface area contributed by atoms with E-state index in [-0.39, 0.29) is 11.4 Å². The number of nitrogens with zero attached hydrogens (tertiary/aromatic N) is 2. The molecular formula is C20H27N3O. The maximum Gasteiger partial charge on any atom is 0.255 e. The molecule has 1 saturated heterocycles. The zero-order valence-electron chi connectivity index (χ0n) is 14.3. The number of aromatic nitrogens is 1. The van der Waals surface area contributed by atoms with Crippen molar-refractivity contribution in [3.05, 3.63) is 23.9 Å². The summed E-state index contributed by atoms with van der Waals surface area (Å²) in [5, 5.41) is 3.50. The summed E-state index contributed by atoms with van der Waals surface area (Å²) in [4.78, 5) is 19.9. The summed E-state index contributed by atoms with van der Waals surface area (Å²) in [7, 11) is 0. The molecule has 0 unspecified atom stereocenters. The summed E-state index contributed by atoms with van der Waals surface area (Å²) in [6.07, 6.45) is 12.0. The smallest absolute Gasteiger partial charge is 0.255 e. The Hall–Kier alpha value is -1.58. The normalized spacial score (nSPS) is 37.0. The summed E-state index contributed by atoms with van der Waals surface area (Å²) in [6.45, 7) is 2.04. The highest BCUT2D eigenvalue weighted by Gasteiger charge is 2.51. The van der Waals surface area contributed by atoms with Gasteiger partial charge in [-0.1, -0.05) is 0 Å². The van der Waals surface area contributed by atoms with Gasteiger partial charge < -0.3 is 10.2 Å². The molecule has 6 rings (SSSR count). The summed E-state index contributed by atoms with van der Waals surface area (Å²) in [6, 6.07) is 3.85. The van der Waals surface area contributed by atoms with Crippen molar-refractivity contribution < 1.29 is 4.79 Å². The van der Waals surface area contributed by atoms with Crippen LogP contribution < -0.4 is 10.2 Å². The number of hydrogen-bond donors (Lipinski definition) is 1. The van der Waals surface area contributed by atoms with Crippen LogP contribution in [-0.4, -0.2) is 29.5 Å². The second kappa shape index (κ2) is 5.47. The molecule has 1 aromatic heterocycles. The van der Waals surface area contributed by atoms with Gasteiger partial charge >= 0.3 is 0 Å². The van der Waals surface area contributed by atoms with Crippen LogP contribution in [-0.2, 0) is 0 Å². The van der Waals surface area contributed by atoms with E-state index in [1.54, 1.807) is 0 Å². The fraction of sp³-hybridized carbons (Fsp3) is 0.700. The van der Waals surface area contributed by atoms with Crippen LogP contribution in [0, 0.1) is 17.8 Å². The number of carbonyl (C=O) groups is 1. The minimum Gasteiger partial charge on any atom is -0.356 e. The Labute approximate surface area is 144 Å². The molecule has 4 aliphatic carbocycles. The first-order valence-corrected chi connectivity index (χ1v) is 9.73. The standard InChI is InChI=1S/C20H27N3O/c24-19(17-4-3-5-21-18(17)23-6-1-2-7-23)22-20-11-14-8-15(12-20)10-16(9-14)13-20/h3-5,14-16H,1-2,6-13H2,(H,22,24). The number of carbonyl (C=O) groups excluding carboxylic acids is 1. The zero-order valence-corrected chi connectivity index (χ0v) is 14.3. The molecule has 5 aliphatic rings. The number of anilines is 1. The fourth-order valence-electron chi connectivity index (χ4n) is 6.33. The first-order valence-electron chi connectivity index (χ1n) is 9.73. The van der Waals surface area contributed by atoms with Crippen LogP contribution in [0.4, 0.5) is 5.82 Å². The van der Waals surface area contributed by atoms with E-state index in [4.69, 9.17) is 0 Å². The molecule has 4 saturated carbocycles. The Morgan fingerprint density at radius 2 is 1.71 bits per heavy atom. The highest BCUT2D eigenvalue weighted by atomic mass is 16.1. The van der Waals surface area contributed by atoms with Crippen LogP contribution in [0.1, 0.15) is 61.7 Å². The van der Waals surface area contributed by atoms with Gasteiger partial charge in [-0.05, 0) is 81.3 Å². The molecule has 0 spiro atoms. The van der Waals surface area contributed by atoms with Gasteiger partial charge in [0.05, 0.1) is 5.56 Å². The largest absolute Gasteiger partial charge is 0.356 e. The molecule has 4 heteroatoms. The highest BCUT2D eigenvalue weighted by molar-refractivity contribution is 5.99. The number of pyridine rings is 1. The van der Waals surface area contributed by atoms with Gasteiger partial charge in [0.1, 0.15) is 5.82 Å². The predicted molar refractivity (Wildman–Crippen MR) is 94.1 cm³/mol. The molecule has 1 amide bonds. The second-order valence-corrected chi connectivity index (χ2v) is 8.72. The third kappa shape index (κ3) is 2.42. The third-order valence-corrected chi connectivity index (χ3v) is 6.85. The van der Waals surface area contributed by atoms with Gasteiger partial charge in [-0.3, -0.25) is 4.79 Å². The lowest BCUT2D eigenvalue weighted by Crippen LogP contribution is -2.59. The molecule has 4 nitrogen and oxygen atoms in total. The highest BCUT2D eigenvalue weighted by Crippen LogP contribution is 2.55. The molecule has 4 bridgehead atoms. The molecule has 24 heavy (non-hydrogen) atoms. The van der Waals surface area contributed by atoms with Gasteiger partial charge in [0.25, 0.3) is 5.91 Å². The van der Waals surface area contributed by atoms with E-state index in [9.17, 15) is 4.79 Å². The summed E-state index contributed by atoms with van der Waals surface area (Å²) in [5.74, 6) is 3.54. The van der Waals surface area contributed by atoms with Crippen LogP contribution in [0.25, 0.3) is 0 Å². The maximum atomic E-state index is 13.1. The van der Waals surface area contributed by atoms with Gasteiger partial charge in [0.2, 0.25) is 0 Å². The number of rotatable bonds is 3. The van der Waals surface area contributed by atoms with Gasteiger partial charge in [-0.15, -0.1) is 0 Å². The van der Waals surface area contributed by atoms with E-state index in [2.05, 4.69) is 15.2 Å². The molecule has 0 atom stereocenters. The van der Waals surface area contributed by atoms with Crippen molar-refractivity contribution in [1.29, 1.82) is 0 Å². The molecule has 5 fully saturated rings. The van der Waals surface area contributed by atoms with Crippen molar-refractivity contribution in [2.75, 3.05) is 18.0 Å². The van der Waals surface area contributed by atoms with Crippen molar-refractivity contribution in [2.45, 2.75) is 56.9 Å². The summed E-state index contributed by atoms with van der Waals surface area (Å²) < 4.78 is 0. The topological polar surface area (TPSA) is 45.2 Å². The molecule has 1 aliphatic heterocycles. The van der Waals surface area contributed by atoms with E-state index in [0.717, 1.165) is 42.2 Å². The maximum absolute atomic E-state index is 13.1. The monoisotopic (exact) mass is 325 g/mol. The molecule has 128 valence electrons. The van der Waals surface area contributed by atoms with Crippen LogP contribution in [0.5, 0.6) is 0 Å². The lowest BCUT2D eigenvalue weighted by Gasteiger charge is -2.56. The average molecular weight is 325 g/mol. The summed E-state index contributed by atoms with van der Waals surface area (Å²) >= 11 is 0. The number of nitrogens with one attached hydrogen (secondary N) is 1. The average Bonchev–Trinajstić information content (AvgIpc) is 3.07. The van der Waals surface area contributed by atoms with Gasteiger partial charge in [-0.2, -0.15) is 0 Å². The number of amides is 1. The van der Waals surface area contributed by atoms with Crippen molar-refractivity contribution >= 4 is 11.7 Å². The molecule has 0 radical (unpaired) electrons. The quantitative estimate of drug-likeness (QED) is 0.926. The predicted octanol–water partition coefficient (Wildman–Crippen LogP) is 3.38. The van der Waals surface area contributed by atoms with E-state index in [1.807, 2.05) is 18.3 Å². The fourth-order valence-corrected chi connectivity index (χ4v) is 6.33. The van der Waals surface area contributed by atoms with E-state index >= 15 is 0 Å². The first-order chi connectivity index (χ1) is 11.7. The SMILES string of the molecule is O=C(NC12CC3CC(CC(C3)C1)C2)c1cccnc1N1CCCC1. The van der Waals surface area contributed by atoms with Gasteiger partial charge in [0.15, 0.2) is 0 Å². The lowest BCUT2D eigenvalue weighted by molar-refractivity contribution is -0.0166. The molecule has 1 aromatic rings. The van der Waals surface area contributed by atoms with E-state index in [0.29, 0.717) is 0 Å². The van der Waals surface area contributed by atoms with E-state index in [1.165, 1.54) is 51.4 Å². The van der Waals surface area contributed by atoms with Crippen molar-refractivity contribution in [2.24, 2.45) is 17.8 Å². The molecule has 1 N–H and O–H groups in total. The Kier molecular flexibility index (Phi) is 3.36. The lowest BCUT2D eigenvalue weighted by atomic mass is 9.53. The Morgan fingerprint density at radius 3 is 2.33 bits per heavy atom. The third-order valence-electron chi connectivity index (χ3n) is 6.85. The van der Waals surface area contributed by atoms with Gasteiger partial charge in [-0.25, -0.2) is 4.98 Å². The summed E-state index contributed by atoms with van der Waals surface area (Å²) in [5.41, 5.74) is 0.847. The van der Waals surface area contributed by atoms with Crippen molar-refractivity contribution in [3.8, 4) is 0 Å². The molecule has 0 aromatic carbocycles. The van der Waals surface area contributed by atoms with Crippen LogP contribution in [0.2, 0.25) is 0 Å². The Balaban J connectivity index is 1.39. The minimum absolute atomic E-state index is 0.0734. The van der Waals surface area contributed by atoms with Crippen molar-refractivity contribution in [1.82, 2.24) is 10.3 Å². The Morgan fingerprint density at radius 1 is 1.08 bits per heavy atom. The van der Waals surface area contributed by atoms with Crippen molar-refractivity contribution in [3.63, 3.8) is 0 Å². The van der Waals surface area contributed by atoms with Crippen LogP contribution in [0.3, 0.4) is 0 Å². The molecular weight excluding hydrogens is 298 g/mol. The Bertz CT molecular complexity index is 615. The minimum atomic E-state index is 0.0734. The molecule has 2 heterocycles. The van der Waals surface area contributed by atoms with E-state index < -0.39 is 0 Å². The zero-order chi connectivity index (χ0) is 16.1. The first kappa shape index (κ1) is 14.7. The van der Waals surface area contributed by atoms with Crippen LogP contribution in [0.15, 0.2) is 18.3 Å². The number of hydrogen-bond acceptors (Lipinski definition) is 3. The van der Waals surface area contributed by atoms with Gasteiger partial charge in [0, 0.05) is 24.8 Å². The second-order valence-electron chi connectivity index (χ2n) is 8.72.